The van der Waals surface area contributed by atoms with E-state index in [0.717, 1.165) is 0 Å². The van der Waals surface area contributed by atoms with Crippen molar-refractivity contribution in [1.29, 1.82) is 0 Å². The number of carbonyl (C=O) groups is 2. The standard InChI is InChI=1S/C14H16ClNO5S/c15-12-4-2-1-3-10(12)7-14(18)21-8-13(17)16-11-5-6-22(19,20)9-11/h1-4,11H,5-9H2,(H,16,17)/t11-/m0/s1. The van der Waals surface area contributed by atoms with Crippen LogP contribution < -0.4 is 5.32 Å². The average Bonchev–Trinajstić information content (AvgIpc) is 2.78. The maximum absolute atomic E-state index is 11.7. The zero-order valence-corrected chi connectivity index (χ0v) is 13.3. The molecular formula is C14H16ClNO5S. The minimum absolute atomic E-state index is 0.0231. The Morgan fingerprint density at radius 1 is 1.32 bits per heavy atom. The van der Waals surface area contributed by atoms with E-state index >= 15 is 0 Å². The third kappa shape index (κ3) is 4.99. The molecule has 1 heterocycles. The number of amides is 1. The Bertz CT molecular complexity index is 674. The highest BCUT2D eigenvalue weighted by molar-refractivity contribution is 7.91. The summed E-state index contributed by atoms with van der Waals surface area (Å²) in [4.78, 5) is 23.3. The van der Waals surface area contributed by atoms with Crippen LogP contribution in [-0.2, 0) is 30.6 Å². The molecule has 1 aromatic rings. The monoisotopic (exact) mass is 345 g/mol. The van der Waals surface area contributed by atoms with Crippen molar-refractivity contribution in [1.82, 2.24) is 5.32 Å². The predicted molar refractivity (Wildman–Crippen MR) is 81.3 cm³/mol. The van der Waals surface area contributed by atoms with Crippen molar-refractivity contribution >= 4 is 33.3 Å². The van der Waals surface area contributed by atoms with Crippen LogP contribution in [0.5, 0.6) is 0 Å². The predicted octanol–water partition coefficient (Wildman–Crippen LogP) is 0.729. The number of sulfone groups is 1. The van der Waals surface area contributed by atoms with Gasteiger partial charge in [-0.15, -0.1) is 0 Å². The van der Waals surface area contributed by atoms with E-state index < -0.39 is 34.4 Å². The fourth-order valence-corrected chi connectivity index (χ4v) is 4.05. The van der Waals surface area contributed by atoms with Crippen molar-refractivity contribution < 1.29 is 22.7 Å². The lowest BCUT2D eigenvalue weighted by Crippen LogP contribution is -2.38. The smallest absolute Gasteiger partial charge is 0.310 e. The molecule has 22 heavy (non-hydrogen) atoms. The van der Waals surface area contributed by atoms with E-state index in [1.54, 1.807) is 24.3 Å². The largest absolute Gasteiger partial charge is 0.455 e. The Morgan fingerprint density at radius 2 is 2.05 bits per heavy atom. The summed E-state index contributed by atoms with van der Waals surface area (Å²) >= 11 is 5.93. The number of carbonyl (C=O) groups excluding carboxylic acids is 2. The molecule has 1 aliphatic rings. The van der Waals surface area contributed by atoms with Gasteiger partial charge in [0, 0.05) is 11.1 Å². The quantitative estimate of drug-likeness (QED) is 0.795. The Kier molecular flexibility index (Phi) is 5.42. The summed E-state index contributed by atoms with van der Waals surface area (Å²) in [6, 6.07) is 6.46. The van der Waals surface area contributed by atoms with Crippen LogP contribution in [0.2, 0.25) is 5.02 Å². The number of hydrogen-bond acceptors (Lipinski definition) is 5. The van der Waals surface area contributed by atoms with Gasteiger partial charge in [-0.25, -0.2) is 8.42 Å². The van der Waals surface area contributed by atoms with E-state index in [2.05, 4.69) is 5.32 Å². The maximum Gasteiger partial charge on any atom is 0.310 e. The molecule has 0 spiro atoms. The van der Waals surface area contributed by atoms with Crippen molar-refractivity contribution in [3.8, 4) is 0 Å². The molecule has 1 atom stereocenters. The fraction of sp³-hybridized carbons (Fsp3) is 0.429. The van der Waals surface area contributed by atoms with E-state index in [-0.39, 0.29) is 17.9 Å². The first-order chi connectivity index (χ1) is 10.4. The molecule has 0 unspecified atom stereocenters. The molecule has 8 heteroatoms. The van der Waals surface area contributed by atoms with E-state index in [9.17, 15) is 18.0 Å². The number of nitrogens with one attached hydrogen (secondary N) is 1. The summed E-state index contributed by atoms with van der Waals surface area (Å²) < 4.78 is 27.4. The van der Waals surface area contributed by atoms with Crippen LogP contribution in [0, 0.1) is 0 Å². The van der Waals surface area contributed by atoms with Crippen molar-refractivity contribution in [3.63, 3.8) is 0 Å². The van der Waals surface area contributed by atoms with Crippen LogP contribution in [0.4, 0.5) is 0 Å². The normalized spacial score (nSPS) is 19.6. The third-order valence-corrected chi connectivity index (χ3v) is 5.39. The molecule has 0 aromatic heterocycles. The molecule has 120 valence electrons. The third-order valence-electron chi connectivity index (χ3n) is 3.25. The maximum atomic E-state index is 11.7. The zero-order chi connectivity index (χ0) is 16.2. The molecule has 1 fully saturated rings. The van der Waals surface area contributed by atoms with Gasteiger partial charge in [-0.1, -0.05) is 29.8 Å². The minimum atomic E-state index is -3.05. The zero-order valence-electron chi connectivity index (χ0n) is 11.7. The SMILES string of the molecule is O=C(COC(=O)Cc1ccccc1Cl)N[C@H]1CCS(=O)(=O)C1. The van der Waals surface area contributed by atoms with Gasteiger partial charge < -0.3 is 10.1 Å². The first-order valence-corrected chi connectivity index (χ1v) is 8.94. The topological polar surface area (TPSA) is 89.5 Å². The molecule has 0 radical (unpaired) electrons. The van der Waals surface area contributed by atoms with E-state index in [1.807, 2.05) is 0 Å². The number of benzene rings is 1. The Labute approximate surface area is 133 Å². The Morgan fingerprint density at radius 3 is 2.68 bits per heavy atom. The highest BCUT2D eigenvalue weighted by Gasteiger charge is 2.29. The van der Waals surface area contributed by atoms with Crippen LogP contribution >= 0.6 is 11.6 Å². The lowest BCUT2D eigenvalue weighted by Gasteiger charge is -2.11. The fourth-order valence-electron chi connectivity index (χ4n) is 2.17. The number of rotatable bonds is 5. The van der Waals surface area contributed by atoms with Crippen molar-refractivity contribution in [3.05, 3.63) is 34.9 Å². The first-order valence-electron chi connectivity index (χ1n) is 6.74. The molecule has 0 aliphatic carbocycles. The lowest BCUT2D eigenvalue weighted by molar-refractivity contribution is -0.148. The molecule has 6 nitrogen and oxygen atoms in total. The van der Waals surface area contributed by atoms with Gasteiger partial charge in [-0.3, -0.25) is 9.59 Å². The van der Waals surface area contributed by atoms with Crippen LogP contribution in [0.3, 0.4) is 0 Å². The van der Waals surface area contributed by atoms with Gasteiger partial charge in [0.25, 0.3) is 5.91 Å². The van der Waals surface area contributed by atoms with Crippen molar-refractivity contribution in [2.24, 2.45) is 0 Å². The highest BCUT2D eigenvalue weighted by Crippen LogP contribution is 2.15. The van der Waals surface area contributed by atoms with E-state index in [1.165, 1.54) is 0 Å². The molecule has 2 rings (SSSR count). The van der Waals surface area contributed by atoms with Crippen LogP contribution in [0.25, 0.3) is 0 Å². The lowest BCUT2D eigenvalue weighted by atomic mass is 10.1. The van der Waals surface area contributed by atoms with Gasteiger partial charge in [0.15, 0.2) is 16.4 Å². The average molecular weight is 346 g/mol. The Hall–Kier alpha value is -1.60. The number of esters is 1. The van der Waals surface area contributed by atoms with Crippen LogP contribution in [-0.4, -0.2) is 44.4 Å². The van der Waals surface area contributed by atoms with Crippen LogP contribution in [0.1, 0.15) is 12.0 Å². The van der Waals surface area contributed by atoms with Gasteiger partial charge >= 0.3 is 5.97 Å². The summed E-state index contributed by atoms with van der Waals surface area (Å²) in [5, 5.41) is 3.00. The minimum Gasteiger partial charge on any atom is -0.455 e. The molecule has 1 N–H and O–H groups in total. The number of hydrogen-bond donors (Lipinski definition) is 1. The highest BCUT2D eigenvalue weighted by atomic mass is 35.5. The second kappa shape index (κ2) is 7.11. The Balaban J connectivity index is 1.74. The summed E-state index contributed by atoms with van der Waals surface area (Å²) in [7, 11) is -3.05. The summed E-state index contributed by atoms with van der Waals surface area (Å²) in [5.74, 6) is -1.06. The van der Waals surface area contributed by atoms with Gasteiger partial charge in [0.05, 0.1) is 17.9 Å². The van der Waals surface area contributed by atoms with E-state index in [0.29, 0.717) is 17.0 Å². The summed E-state index contributed by atoms with van der Waals surface area (Å²) in [5.41, 5.74) is 0.622. The van der Waals surface area contributed by atoms with Gasteiger partial charge in [-0.2, -0.15) is 0 Å². The van der Waals surface area contributed by atoms with E-state index in [4.69, 9.17) is 16.3 Å². The summed E-state index contributed by atoms with van der Waals surface area (Å²) in [6.45, 7) is -0.431. The second-order valence-electron chi connectivity index (χ2n) is 5.10. The van der Waals surface area contributed by atoms with Gasteiger partial charge in [-0.05, 0) is 18.1 Å². The molecule has 1 aliphatic heterocycles. The molecule has 0 bridgehead atoms. The van der Waals surface area contributed by atoms with Gasteiger partial charge in [0.1, 0.15) is 0 Å². The molecule has 1 saturated heterocycles. The first kappa shape index (κ1) is 16.8. The molecule has 1 amide bonds. The second-order valence-corrected chi connectivity index (χ2v) is 7.73. The molecule has 1 aromatic carbocycles. The molecule has 0 saturated carbocycles. The molecular weight excluding hydrogens is 330 g/mol. The summed E-state index contributed by atoms with van der Waals surface area (Å²) in [6.07, 6.45) is 0.367. The number of ether oxygens (including phenoxy) is 1. The van der Waals surface area contributed by atoms with Crippen molar-refractivity contribution in [2.75, 3.05) is 18.1 Å². The van der Waals surface area contributed by atoms with Crippen molar-refractivity contribution in [2.45, 2.75) is 18.9 Å². The number of halogens is 1. The van der Waals surface area contributed by atoms with Gasteiger partial charge in [0.2, 0.25) is 0 Å². The van der Waals surface area contributed by atoms with Crippen LogP contribution in [0.15, 0.2) is 24.3 Å².